The summed E-state index contributed by atoms with van der Waals surface area (Å²) in [6, 6.07) is 0. The molecule has 0 amide bonds. The number of carboxylic acids is 4. The van der Waals surface area contributed by atoms with Crippen molar-refractivity contribution in [2.45, 2.75) is 115 Å². The number of aliphatic carboxylic acids is 4. The summed E-state index contributed by atoms with van der Waals surface area (Å²) >= 11 is 0. The molecule has 0 aromatic carbocycles. The summed E-state index contributed by atoms with van der Waals surface area (Å²) < 4.78 is 0. The van der Waals surface area contributed by atoms with Crippen LogP contribution in [0.1, 0.15) is 115 Å². The van der Waals surface area contributed by atoms with Crippen molar-refractivity contribution in [3.63, 3.8) is 0 Å². The van der Waals surface area contributed by atoms with Gasteiger partial charge >= 0.3 is 23.9 Å². The molecule has 0 aliphatic heterocycles. The van der Waals surface area contributed by atoms with Gasteiger partial charge in [-0.25, -0.2) is 14.6 Å². The van der Waals surface area contributed by atoms with Crippen LogP contribution in [0.4, 0.5) is 0 Å². The molecule has 2 atom stereocenters. The second-order valence-electron chi connectivity index (χ2n) is 9.75. The van der Waals surface area contributed by atoms with E-state index >= 15 is 0 Å². The van der Waals surface area contributed by atoms with Crippen molar-refractivity contribution in [3.05, 3.63) is 24.3 Å². The van der Waals surface area contributed by atoms with E-state index in [1.807, 2.05) is 0 Å². The van der Waals surface area contributed by atoms with E-state index in [1.165, 1.54) is 70.2 Å². The number of imidazole rings is 1. The van der Waals surface area contributed by atoms with E-state index in [1.54, 1.807) is 6.20 Å². The smallest absolute Gasteiger partial charge is 0.337 e. The Labute approximate surface area is 271 Å². The van der Waals surface area contributed by atoms with Gasteiger partial charge in [-0.15, -0.1) is 0 Å². The number of aliphatic hydroxyl groups is 1. The molecule has 0 saturated heterocycles. The van der Waals surface area contributed by atoms with Gasteiger partial charge in [-0.2, -0.15) is 0 Å². The van der Waals surface area contributed by atoms with Crippen LogP contribution in [0.5, 0.6) is 0 Å². The Bertz CT molecular complexity index is 867. The summed E-state index contributed by atoms with van der Waals surface area (Å²) in [6.45, 7) is 2.22. The quantitative estimate of drug-likeness (QED) is 0.0511. The van der Waals surface area contributed by atoms with Crippen molar-refractivity contribution in [1.82, 2.24) is 9.97 Å². The van der Waals surface area contributed by atoms with Gasteiger partial charge in [0.2, 0.25) is 0 Å². The van der Waals surface area contributed by atoms with Gasteiger partial charge in [0.1, 0.15) is 0 Å². The Balaban J connectivity index is -0.00000101. The van der Waals surface area contributed by atoms with Crippen LogP contribution in [0.25, 0.3) is 6.08 Å². The molecule has 0 spiro atoms. The van der Waals surface area contributed by atoms with Crippen molar-refractivity contribution < 1.29 is 86.8 Å². The number of nitrogens with zero attached hydrogens (tertiary/aromatic N) is 1. The molecule has 1 aromatic heterocycles. The first-order valence-electron chi connectivity index (χ1n) is 13.8. The number of hydrogen-bond acceptors (Lipinski definition) is 6. The molecule has 1 aromatic rings. The predicted molar refractivity (Wildman–Crippen MR) is 146 cm³/mol. The summed E-state index contributed by atoms with van der Waals surface area (Å²) in [5, 5.41) is 45.5. The Morgan fingerprint density at radius 3 is 1.63 bits per heavy atom. The zero-order valence-corrected chi connectivity index (χ0v) is 27.8. The van der Waals surface area contributed by atoms with E-state index in [2.05, 4.69) is 16.9 Å². The molecule has 6 N–H and O–H groups in total. The van der Waals surface area contributed by atoms with Crippen molar-refractivity contribution in [2.24, 2.45) is 5.92 Å². The van der Waals surface area contributed by atoms with E-state index in [-0.39, 0.29) is 48.6 Å². The maximum atomic E-state index is 11.4. The van der Waals surface area contributed by atoms with Gasteiger partial charge < -0.3 is 30.5 Å². The Morgan fingerprint density at radius 2 is 1.29 bits per heavy atom. The summed E-state index contributed by atoms with van der Waals surface area (Å²) in [5.74, 6) is -7.42. The van der Waals surface area contributed by atoms with E-state index in [0.29, 0.717) is 12.1 Å². The van der Waals surface area contributed by atoms with Gasteiger partial charge in [0.25, 0.3) is 0 Å². The topological polar surface area (TPSA) is 198 Å². The van der Waals surface area contributed by atoms with E-state index < -0.39 is 41.8 Å². The van der Waals surface area contributed by atoms with Crippen LogP contribution >= 0.6 is 0 Å². The van der Waals surface area contributed by atoms with Gasteiger partial charge in [-0.1, -0.05) is 96.8 Å². The average Bonchev–Trinajstić information content (AvgIpc) is 3.38. The molecule has 41 heavy (non-hydrogen) atoms. The van der Waals surface area contributed by atoms with Crippen LogP contribution in [0.2, 0.25) is 0 Å². The van der Waals surface area contributed by atoms with Crippen molar-refractivity contribution in [3.8, 4) is 0 Å². The Morgan fingerprint density at radius 1 is 0.829 bits per heavy atom. The molecule has 0 saturated carbocycles. The first kappa shape index (κ1) is 43.6. The summed E-state index contributed by atoms with van der Waals surface area (Å²) in [4.78, 5) is 49.9. The number of carboxylic acid groups (broad SMARTS) is 4. The number of carbonyl (C=O) groups is 4. The van der Waals surface area contributed by atoms with E-state index in [0.717, 1.165) is 31.8 Å². The van der Waals surface area contributed by atoms with Crippen LogP contribution in [-0.4, -0.2) is 65.0 Å². The summed E-state index contributed by atoms with van der Waals surface area (Å²) in [5.41, 5.74) is -2.10. The van der Waals surface area contributed by atoms with Crippen LogP contribution in [0.3, 0.4) is 0 Å². The van der Waals surface area contributed by atoms with Crippen molar-refractivity contribution in [1.29, 1.82) is 0 Å². The molecular formula is C28H46Mo2N2O9. The van der Waals surface area contributed by atoms with Gasteiger partial charge in [0, 0.05) is 48.2 Å². The zero-order valence-electron chi connectivity index (χ0n) is 23.8. The number of nitrogens with one attached hydrogen (secondary N) is 1. The number of rotatable bonds is 22. The third-order valence-electron chi connectivity index (χ3n) is 6.44. The SMILES string of the molecule is CCCCCCCCCCCCCCCCC(C(=O)O)C(O)(CC(=O)O)C(=O)O.O=C(O)/C=C/c1cnc[nH]1.[Mo].[Mo]. The molecular weight excluding hydrogens is 700 g/mol. The average molecular weight is 747 g/mol. The second-order valence-corrected chi connectivity index (χ2v) is 9.75. The molecule has 2 unspecified atom stereocenters. The standard InChI is InChI=1S/C22H40O7.C6H6N2O2.2Mo/c1-2-3-4-5-6-7-8-9-10-11-12-13-14-15-16-18(20(25)26)22(29,21(27)28)17-19(23)24;9-6(10)2-1-5-3-7-4-8-5;;/h18,29H,2-17H2,1H3,(H,23,24)(H,25,26)(H,27,28);1-4H,(H,7,8)(H,9,10);;/b;2-1+;;. The second kappa shape index (κ2) is 27.0. The monoisotopic (exact) mass is 750 g/mol. The van der Waals surface area contributed by atoms with Crippen LogP contribution < -0.4 is 0 Å². The number of aromatic nitrogens is 2. The Hall–Kier alpha value is -1.83. The largest absolute Gasteiger partial charge is 0.481 e. The minimum absolute atomic E-state index is 0. The minimum atomic E-state index is -2.78. The number of H-pyrrole nitrogens is 1. The van der Waals surface area contributed by atoms with Gasteiger partial charge in [0.05, 0.1) is 30.6 Å². The molecule has 0 aliphatic carbocycles. The number of hydrogen-bond donors (Lipinski definition) is 6. The number of aromatic amines is 1. The fraction of sp³-hybridized carbons (Fsp3) is 0.679. The first-order valence-corrected chi connectivity index (χ1v) is 13.8. The predicted octanol–water partition coefficient (Wildman–Crippen LogP) is 5.35. The third-order valence-corrected chi connectivity index (χ3v) is 6.44. The molecule has 0 bridgehead atoms. The van der Waals surface area contributed by atoms with Crippen LogP contribution in [-0.2, 0) is 61.3 Å². The summed E-state index contributed by atoms with van der Waals surface area (Å²) in [6.07, 6.45) is 20.3. The number of unbranched alkanes of at least 4 members (excludes halogenated alkanes) is 13. The molecule has 11 nitrogen and oxygen atoms in total. The van der Waals surface area contributed by atoms with Gasteiger partial charge in [0.15, 0.2) is 5.60 Å². The van der Waals surface area contributed by atoms with Gasteiger partial charge in [-0.05, 0) is 12.5 Å². The van der Waals surface area contributed by atoms with E-state index in [4.69, 9.17) is 15.3 Å². The summed E-state index contributed by atoms with van der Waals surface area (Å²) in [7, 11) is 0. The van der Waals surface area contributed by atoms with E-state index in [9.17, 15) is 29.4 Å². The van der Waals surface area contributed by atoms with Crippen molar-refractivity contribution >= 4 is 30.0 Å². The third kappa shape index (κ3) is 22.4. The molecule has 0 aliphatic rings. The fourth-order valence-corrected chi connectivity index (χ4v) is 4.21. The fourth-order valence-electron chi connectivity index (χ4n) is 4.21. The van der Waals surface area contributed by atoms with Gasteiger partial charge in [-0.3, -0.25) is 9.59 Å². The zero-order chi connectivity index (χ0) is 29.5. The maximum absolute atomic E-state index is 11.4. The maximum Gasteiger partial charge on any atom is 0.337 e. The van der Waals surface area contributed by atoms with Crippen LogP contribution in [0, 0.1) is 5.92 Å². The Kier molecular flexibility index (Phi) is 28.8. The molecule has 234 valence electrons. The molecule has 1 rings (SSSR count). The molecule has 0 fully saturated rings. The first-order chi connectivity index (χ1) is 18.5. The minimum Gasteiger partial charge on any atom is -0.481 e. The normalized spacial score (nSPS) is 12.6. The van der Waals surface area contributed by atoms with Crippen LogP contribution in [0.15, 0.2) is 18.6 Å². The molecule has 0 radical (unpaired) electrons. The molecule has 1 heterocycles. The van der Waals surface area contributed by atoms with Crippen molar-refractivity contribution in [2.75, 3.05) is 0 Å². The molecule has 13 heteroatoms.